The van der Waals surface area contributed by atoms with Crippen LogP contribution in [0.3, 0.4) is 0 Å². The maximum atomic E-state index is 11.6. The van der Waals surface area contributed by atoms with E-state index in [1.807, 2.05) is 13.8 Å². The summed E-state index contributed by atoms with van der Waals surface area (Å²) in [5, 5.41) is 14.0. The Morgan fingerprint density at radius 1 is 1.62 bits per heavy atom. The molecule has 0 saturated heterocycles. The summed E-state index contributed by atoms with van der Waals surface area (Å²) in [5.41, 5.74) is 6.10. The quantitative estimate of drug-likeness (QED) is 0.732. The molecule has 1 unspecified atom stereocenters. The highest BCUT2D eigenvalue weighted by molar-refractivity contribution is 7.12. The highest BCUT2D eigenvalue weighted by atomic mass is 32.1. The number of aliphatic hydroxyl groups is 1. The van der Waals surface area contributed by atoms with E-state index in [-0.39, 0.29) is 12.5 Å². The Morgan fingerprint density at radius 2 is 2.31 bits per heavy atom. The van der Waals surface area contributed by atoms with E-state index in [1.165, 1.54) is 11.3 Å². The molecule has 1 heterocycles. The van der Waals surface area contributed by atoms with E-state index in [1.54, 1.807) is 11.4 Å². The summed E-state index contributed by atoms with van der Waals surface area (Å²) in [6, 6.07) is 1.70. The van der Waals surface area contributed by atoms with E-state index in [2.05, 4.69) is 5.32 Å². The molecular formula is C11H18N2O2S. The van der Waals surface area contributed by atoms with Gasteiger partial charge in [-0.05, 0) is 23.8 Å². The fourth-order valence-electron chi connectivity index (χ4n) is 1.42. The van der Waals surface area contributed by atoms with Crippen LogP contribution in [-0.2, 0) is 0 Å². The van der Waals surface area contributed by atoms with E-state index in [4.69, 9.17) is 5.73 Å². The number of nitrogens with two attached hydrogens (primary N) is 1. The number of anilines is 1. The van der Waals surface area contributed by atoms with Crippen LogP contribution in [0.25, 0.3) is 0 Å². The Morgan fingerprint density at radius 3 is 2.81 bits per heavy atom. The normalized spacial score (nSPS) is 12.8. The number of carbonyl (C=O) groups is 1. The molecule has 1 aromatic heterocycles. The Bertz CT molecular complexity index is 350. The monoisotopic (exact) mass is 242 g/mol. The lowest BCUT2D eigenvalue weighted by Gasteiger charge is -2.13. The van der Waals surface area contributed by atoms with Crippen molar-refractivity contribution in [1.29, 1.82) is 0 Å². The van der Waals surface area contributed by atoms with Crippen molar-refractivity contribution < 1.29 is 9.90 Å². The van der Waals surface area contributed by atoms with Crippen molar-refractivity contribution in [2.75, 3.05) is 12.3 Å². The number of hydrogen-bond donors (Lipinski definition) is 3. The summed E-state index contributed by atoms with van der Waals surface area (Å²) in [6.45, 7) is 4.33. The minimum atomic E-state index is -0.495. The summed E-state index contributed by atoms with van der Waals surface area (Å²) in [7, 11) is 0. The van der Waals surface area contributed by atoms with Gasteiger partial charge < -0.3 is 16.2 Å². The van der Waals surface area contributed by atoms with Crippen LogP contribution in [0.4, 0.5) is 5.69 Å². The fraction of sp³-hybridized carbons (Fsp3) is 0.545. The molecule has 0 aromatic carbocycles. The van der Waals surface area contributed by atoms with Crippen LogP contribution < -0.4 is 11.1 Å². The minimum absolute atomic E-state index is 0.213. The predicted molar refractivity (Wildman–Crippen MR) is 66.5 cm³/mol. The van der Waals surface area contributed by atoms with Crippen molar-refractivity contribution in [2.24, 2.45) is 5.92 Å². The highest BCUT2D eigenvalue weighted by Crippen LogP contribution is 2.18. The lowest BCUT2D eigenvalue weighted by Crippen LogP contribution is -2.32. The first-order valence-corrected chi connectivity index (χ1v) is 6.18. The van der Waals surface area contributed by atoms with Crippen molar-refractivity contribution in [3.8, 4) is 0 Å². The van der Waals surface area contributed by atoms with E-state index < -0.39 is 6.10 Å². The van der Waals surface area contributed by atoms with Gasteiger partial charge in [-0.15, -0.1) is 11.3 Å². The van der Waals surface area contributed by atoms with Gasteiger partial charge in [0.1, 0.15) is 4.88 Å². The molecule has 0 fully saturated rings. The maximum Gasteiger partial charge on any atom is 0.263 e. The molecule has 1 atom stereocenters. The van der Waals surface area contributed by atoms with E-state index in [0.717, 1.165) is 0 Å². The molecule has 5 heteroatoms. The van der Waals surface area contributed by atoms with Crippen LogP contribution in [0.1, 0.15) is 29.9 Å². The van der Waals surface area contributed by atoms with Crippen molar-refractivity contribution in [1.82, 2.24) is 5.32 Å². The van der Waals surface area contributed by atoms with Crippen molar-refractivity contribution in [3.63, 3.8) is 0 Å². The standard InChI is InChI=1S/C11H18N2O2S/c1-7(2)5-8(14)6-13-11(15)10-9(12)3-4-16-10/h3-4,7-8,14H,5-6,12H2,1-2H3,(H,13,15). The summed E-state index contributed by atoms with van der Waals surface area (Å²) in [4.78, 5) is 12.1. The number of nitrogen functional groups attached to an aromatic ring is 1. The number of thiophene rings is 1. The second-order valence-electron chi connectivity index (χ2n) is 4.20. The molecule has 0 aliphatic carbocycles. The Labute approximate surface area is 99.5 Å². The number of rotatable bonds is 5. The molecule has 4 N–H and O–H groups in total. The molecule has 0 bridgehead atoms. The van der Waals surface area contributed by atoms with Crippen LogP contribution >= 0.6 is 11.3 Å². The van der Waals surface area contributed by atoms with Crippen LogP contribution in [0, 0.1) is 5.92 Å². The third-order valence-corrected chi connectivity index (χ3v) is 3.07. The topological polar surface area (TPSA) is 75.3 Å². The van der Waals surface area contributed by atoms with Crippen LogP contribution in [0.15, 0.2) is 11.4 Å². The van der Waals surface area contributed by atoms with Crippen molar-refractivity contribution in [3.05, 3.63) is 16.3 Å². The number of amides is 1. The van der Waals surface area contributed by atoms with Gasteiger partial charge >= 0.3 is 0 Å². The predicted octanol–water partition coefficient (Wildman–Crippen LogP) is 1.47. The lowest BCUT2D eigenvalue weighted by molar-refractivity contribution is 0.0905. The maximum absolute atomic E-state index is 11.6. The number of aliphatic hydroxyl groups excluding tert-OH is 1. The Kier molecular flexibility index (Phi) is 4.76. The zero-order chi connectivity index (χ0) is 12.1. The first-order chi connectivity index (χ1) is 7.50. The molecule has 0 radical (unpaired) electrons. The van der Waals surface area contributed by atoms with Crippen molar-refractivity contribution >= 4 is 22.9 Å². The minimum Gasteiger partial charge on any atom is -0.397 e. The van der Waals surface area contributed by atoms with Gasteiger partial charge in [0.2, 0.25) is 0 Å². The molecule has 0 spiro atoms. The Balaban J connectivity index is 2.39. The zero-order valence-electron chi connectivity index (χ0n) is 9.56. The summed E-state index contributed by atoms with van der Waals surface area (Å²) in [5.74, 6) is 0.203. The van der Waals surface area contributed by atoms with Gasteiger partial charge in [0.05, 0.1) is 11.8 Å². The fourth-order valence-corrected chi connectivity index (χ4v) is 2.16. The van der Waals surface area contributed by atoms with Crippen LogP contribution in [0.2, 0.25) is 0 Å². The zero-order valence-corrected chi connectivity index (χ0v) is 10.4. The number of carbonyl (C=O) groups excluding carboxylic acids is 1. The van der Waals surface area contributed by atoms with Gasteiger partial charge in [0, 0.05) is 6.54 Å². The molecule has 0 aliphatic rings. The van der Waals surface area contributed by atoms with Gasteiger partial charge in [-0.2, -0.15) is 0 Å². The SMILES string of the molecule is CC(C)CC(O)CNC(=O)c1sccc1N. The van der Waals surface area contributed by atoms with Gasteiger partial charge in [-0.3, -0.25) is 4.79 Å². The third-order valence-electron chi connectivity index (χ3n) is 2.14. The molecule has 1 aromatic rings. The lowest BCUT2D eigenvalue weighted by atomic mass is 10.1. The molecular weight excluding hydrogens is 224 g/mol. The molecule has 0 aliphatic heterocycles. The average Bonchev–Trinajstić information content (AvgIpc) is 2.60. The molecule has 4 nitrogen and oxygen atoms in total. The molecule has 16 heavy (non-hydrogen) atoms. The number of hydrogen-bond acceptors (Lipinski definition) is 4. The summed E-state index contributed by atoms with van der Waals surface area (Å²) < 4.78 is 0. The Hall–Kier alpha value is -1.07. The third kappa shape index (κ3) is 3.83. The van der Waals surface area contributed by atoms with Gasteiger partial charge in [-0.25, -0.2) is 0 Å². The van der Waals surface area contributed by atoms with Crippen molar-refractivity contribution in [2.45, 2.75) is 26.4 Å². The van der Waals surface area contributed by atoms with E-state index >= 15 is 0 Å². The first-order valence-electron chi connectivity index (χ1n) is 5.30. The molecule has 1 amide bonds. The van der Waals surface area contributed by atoms with Gasteiger partial charge in [0.25, 0.3) is 5.91 Å². The summed E-state index contributed by atoms with van der Waals surface area (Å²) in [6.07, 6.45) is 0.186. The molecule has 1 rings (SSSR count). The average molecular weight is 242 g/mol. The molecule has 90 valence electrons. The molecule has 0 saturated carbocycles. The second-order valence-corrected chi connectivity index (χ2v) is 5.11. The van der Waals surface area contributed by atoms with Crippen LogP contribution in [-0.4, -0.2) is 23.7 Å². The van der Waals surface area contributed by atoms with E-state index in [9.17, 15) is 9.90 Å². The number of nitrogens with one attached hydrogen (secondary N) is 1. The van der Waals surface area contributed by atoms with Crippen LogP contribution in [0.5, 0.6) is 0 Å². The first kappa shape index (κ1) is 13.0. The van der Waals surface area contributed by atoms with Gasteiger partial charge in [0.15, 0.2) is 0 Å². The highest BCUT2D eigenvalue weighted by Gasteiger charge is 2.13. The largest absolute Gasteiger partial charge is 0.397 e. The summed E-state index contributed by atoms with van der Waals surface area (Å²) >= 11 is 1.30. The van der Waals surface area contributed by atoms with Gasteiger partial charge in [-0.1, -0.05) is 13.8 Å². The smallest absolute Gasteiger partial charge is 0.263 e. The second kappa shape index (κ2) is 5.86. The van der Waals surface area contributed by atoms with E-state index in [0.29, 0.717) is 22.9 Å².